The second kappa shape index (κ2) is 9.24. The molecule has 3 aromatic rings. The molecule has 0 saturated carbocycles. The van der Waals surface area contributed by atoms with Gasteiger partial charge in [-0.1, -0.05) is 18.2 Å². The monoisotopic (exact) mass is 485 g/mol. The van der Waals surface area contributed by atoms with Gasteiger partial charge in [0.15, 0.2) is 0 Å². The van der Waals surface area contributed by atoms with E-state index in [1.807, 2.05) is 23.6 Å². The number of thiophene rings is 1. The number of methoxy groups -OCH3 is 2. The lowest BCUT2D eigenvalue weighted by atomic mass is 9.97. The Bertz CT molecular complexity index is 1290. The number of carbonyl (C=O) groups excluding carboxylic acids is 1. The molecule has 4 rings (SSSR count). The summed E-state index contributed by atoms with van der Waals surface area (Å²) < 4.78 is 36.3. The van der Waals surface area contributed by atoms with Crippen LogP contribution in [0, 0.1) is 0 Å². The van der Waals surface area contributed by atoms with E-state index in [0.717, 1.165) is 17.4 Å². The molecule has 33 heavy (non-hydrogen) atoms. The van der Waals surface area contributed by atoms with Crippen molar-refractivity contribution in [3.8, 4) is 11.5 Å². The molecule has 2 aromatic carbocycles. The van der Waals surface area contributed by atoms with E-state index in [9.17, 15) is 13.2 Å². The van der Waals surface area contributed by atoms with Crippen molar-refractivity contribution in [3.05, 3.63) is 76.0 Å². The van der Waals surface area contributed by atoms with E-state index in [2.05, 4.69) is 9.82 Å². The molecule has 1 atom stereocenters. The molecule has 0 saturated heterocycles. The zero-order chi connectivity index (χ0) is 23.6. The molecule has 1 aliphatic heterocycles. The molecular weight excluding hydrogens is 462 g/mol. The summed E-state index contributed by atoms with van der Waals surface area (Å²) in [5.41, 5.74) is 2.79. The first-order valence-corrected chi connectivity index (χ1v) is 12.8. The predicted octanol–water partition coefficient (Wildman–Crippen LogP) is 4.13. The number of nitrogens with zero attached hydrogens (tertiary/aromatic N) is 2. The highest BCUT2D eigenvalue weighted by Crippen LogP contribution is 2.40. The van der Waals surface area contributed by atoms with Crippen LogP contribution in [0.25, 0.3) is 0 Å². The molecule has 0 fully saturated rings. The first kappa shape index (κ1) is 22.8. The maximum atomic E-state index is 13.3. The topological polar surface area (TPSA) is 97.3 Å². The number of hydrogen-bond donors (Lipinski definition) is 1. The summed E-state index contributed by atoms with van der Waals surface area (Å²) >= 11 is 1.36. The molecule has 8 nitrogen and oxygen atoms in total. The number of benzene rings is 2. The fraction of sp³-hybridized carbons (Fsp3) is 0.217. The van der Waals surface area contributed by atoms with E-state index in [4.69, 9.17) is 9.47 Å². The largest absolute Gasteiger partial charge is 0.497 e. The molecule has 0 bridgehead atoms. The van der Waals surface area contributed by atoms with Crippen LogP contribution >= 0.6 is 11.3 Å². The van der Waals surface area contributed by atoms with Crippen molar-refractivity contribution in [2.75, 3.05) is 25.2 Å². The van der Waals surface area contributed by atoms with Crippen LogP contribution in [0.1, 0.15) is 33.3 Å². The minimum Gasteiger partial charge on any atom is -0.497 e. The van der Waals surface area contributed by atoms with E-state index in [-0.39, 0.29) is 11.9 Å². The average Bonchev–Trinajstić information content (AvgIpc) is 3.48. The number of anilines is 1. The van der Waals surface area contributed by atoms with Crippen molar-refractivity contribution in [2.24, 2.45) is 5.10 Å². The van der Waals surface area contributed by atoms with Gasteiger partial charge >= 0.3 is 0 Å². The van der Waals surface area contributed by atoms with Crippen molar-refractivity contribution >= 4 is 38.7 Å². The standard InChI is InChI=1S/C23H23N3O5S2/c1-30-17-10-11-18(21(13-17)31-2)20-14-19(24-26(20)23(27)22-5-4-12-32-22)15-6-8-16(9-7-15)25-33(3,28)29/h4-13,20,25H,14H2,1-3H3/t20-/m1/s1. The van der Waals surface area contributed by atoms with E-state index >= 15 is 0 Å². The van der Waals surface area contributed by atoms with Crippen LogP contribution in [0.15, 0.2) is 65.1 Å². The van der Waals surface area contributed by atoms with E-state index in [1.54, 1.807) is 50.6 Å². The summed E-state index contributed by atoms with van der Waals surface area (Å²) in [5, 5.41) is 8.02. The summed E-state index contributed by atoms with van der Waals surface area (Å²) in [6.07, 6.45) is 1.57. The fourth-order valence-electron chi connectivity index (χ4n) is 3.67. The van der Waals surface area contributed by atoms with Crippen molar-refractivity contribution in [1.82, 2.24) is 5.01 Å². The Morgan fingerprint density at radius 3 is 2.48 bits per heavy atom. The van der Waals surface area contributed by atoms with Crippen LogP contribution in [0.4, 0.5) is 5.69 Å². The van der Waals surface area contributed by atoms with Crippen LogP contribution in [0.5, 0.6) is 11.5 Å². The minimum absolute atomic E-state index is 0.196. The fourth-order valence-corrected chi connectivity index (χ4v) is 4.89. The van der Waals surface area contributed by atoms with Crippen molar-refractivity contribution in [3.63, 3.8) is 0 Å². The third-order valence-electron chi connectivity index (χ3n) is 5.17. The van der Waals surface area contributed by atoms with Gasteiger partial charge in [0.1, 0.15) is 11.5 Å². The van der Waals surface area contributed by atoms with Gasteiger partial charge in [0.2, 0.25) is 10.0 Å². The van der Waals surface area contributed by atoms with Gasteiger partial charge in [-0.05, 0) is 41.3 Å². The molecule has 0 aliphatic carbocycles. The Balaban J connectivity index is 1.70. The highest BCUT2D eigenvalue weighted by Gasteiger charge is 2.35. The van der Waals surface area contributed by atoms with Crippen LogP contribution in [-0.2, 0) is 10.0 Å². The number of sulfonamides is 1. The summed E-state index contributed by atoms with van der Waals surface area (Å²) in [6, 6.07) is 15.6. The summed E-state index contributed by atoms with van der Waals surface area (Å²) in [7, 11) is -0.208. The van der Waals surface area contributed by atoms with E-state index in [1.165, 1.54) is 16.3 Å². The highest BCUT2D eigenvalue weighted by molar-refractivity contribution is 7.92. The lowest BCUT2D eigenvalue weighted by molar-refractivity contribution is 0.0714. The predicted molar refractivity (Wildman–Crippen MR) is 129 cm³/mol. The van der Waals surface area contributed by atoms with Gasteiger partial charge in [-0.25, -0.2) is 13.4 Å². The number of nitrogens with one attached hydrogen (secondary N) is 1. The molecule has 1 aliphatic rings. The number of hydrogen-bond acceptors (Lipinski definition) is 7. The Kier molecular flexibility index (Phi) is 6.39. The van der Waals surface area contributed by atoms with Crippen molar-refractivity contribution in [1.29, 1.82) is 0 Å². The van der Waals surface area contributed by atoms with E-state index < -0.39 is 10.0 Å². The molecule has 0 radical (unpaired) electrons. The molecule has 0 spiro atoms. The number of rotatable bonds is 7. The molecule has 0 unspecified atom stereocenters. The smallest absolute Gasteiger partial charge is 0.284 e. The number of amides is 1. The van der Waals surface area contributed by atoms with Gasteiger partial charge in [-0.15, -0.1) is 11.3 Å². The molecule has 1 aromatic heterocycles. The Hall–Kier alpha value is -3.37. The van der Waals surface area contributed by atoms with E-state index in [0.29, 0.717) is 34.2 Å². The lowest BCUT2D eigenvalue weighted by Gasteiger charge is -2.23. The second-order valence-electron chi connectivity index (χ2n) is 7.45. The van der Waals surface area contributed by atoms with Gasteiger partial charge in [0.25, 0.3) is 5.91 Å². The number of carbonyl (C=O) groups is 1. The van der Waals surface area contributed by atoms with Gasteiger partial charge in [0.05, 0.1) is 37.1 Å². The van der Waals surface area contributed by atoms with Crippen LogP contribution in [-0.4, -0.2) is 45.5 Å². The summed E-state index contributed by atoms with van der Waals surface area (Å²) in [6.45, 7) is 0. The number of ether oxygens (including phenoxy) is 2. The Labute approximate surface area is 196 Å². The Morgan fingerprint density at radius 2 is 1.88 bits per heavy atom. The quantitative estimate of drug-likeness (QED) is 0.543. The third-order valence-corrected chi connectivity index (χ3v) is 6.64. The normalized spacial score (nSPS) is 15.8. The van der Waals surface area contributed by atoms with Crippen LogP contribution in [0.3, 0.4) is 0 Å². The SMILES string of the molecule is COc1ccc([C@H]2CC(c3ccc(NS(C)(=O)=O)cc3)=NN2C(=O)c2cccs2)c(OC)c1. The molecule has 10 heteroatoms. The summed E-state index contributed by atoms with van der Waals surface area (Å²) in [5.74, 6) is 1.06. The zero-order valence-electron chi connectivity index (χ0n) is 18.3. The van der Waals surface area contributed by atoms with Gasteiger partial charge in [-0.2, -0.15) is 5.10 Å². The third kappa shape index (κ3) is 5.01. The zero-order valence-corrected chi connectivity index (χ0v) is 19.9. The molecule has 1 amide bonds. The summed E-state index contributed by atoms with van der Waals surface area (Å²) in [4.78, 5) is 13.9. The molecule has 1 N–H and O–H groups in total. The van der Waals surface area contributed by atoms with Gasteiger partial charge < -0.3 is 9.47 Å². The van der Waals surface area contributed by atoms with Gasteiger partial charge in [0, 0.05) is 23.7 Å². The molecule has 172 valence electrons. The average molecular weight is 486 g/mol. The van der Waals surface area contributed by atoms with Crippen molar-refractivity contribution in [2.45, 2.75) is 12.5 Å². The maximum Gasteiger partial charge on any atom is 0.284 e. The number of hydrazone groups is 1. The second-order valence-corrected chi connectivity index (χ2v) is 10.1. The van der Waals surface area contributed by atoms with Crippen molar-refractivity contribution < 1.29 is 22.7 Å². The Morgan fingerprint density at radius 1 is 1.12 bits per heavy atom. The van der Waals surface area contributed by atoms with Gasteiger partial charge in [-0.3, -0.25) is 9.52 Å². The molecule has 2 heterocycles. The lowest BCUT2D eigenvalue weighted by Crippen LogP contribution is -2.26. The van der Waals surface area contributed by atoms with Crippen LogP contribution < -0.4 is 14.2 Å². The first-order chi connectivity index (χ1) is 15.8. The first-order valence-electron chi connectivity index (χ1n) is 10.0. The molecular formula is C23H23N3O5S2. The minimum atomic E-state index is -3.37. The maximum absolute atomic E-state index is 13.3. The van der Waals surface area contributed by atoms with Crippen LogP contribution in [0.2, 0.25) is 0 Å². The highest BCUT2D eigenvalue weighted by atomic mass is 32.2.